The predicted octanol–water partition coefficient (Wildman–Crippen LogP) is 2.65. The van der Waals surface area contributed by atoms with E-state index in [1.807, 2.05) is 24.3 Å². The number of methoxy groups -OCH3 is 1. The number of carbonyl (C=O) groups excluding carboxylic acids is 1. The van der Waals surface area contributed by atoms with E-state index >= 15 is 0 Å². The van der Waals surface area contributed by atoms with Crippen LogP contribution in [-0.2, 0) is 11.2 Å². The molecular formula is C13H16BrNO2. The number of ether oxygens (including phenoxy) is 1. The number of halogens is 1. The summed E-state index contributed by atoms with van der Waals surface area (Å²) < 4.78 is 5.84. The van der Waals surface area contributed by atoms with Crippen LogP contribution in [0.1, 0.15) is 12.0 Å². The van der Waals surface area contributed by atoms with Gasteiger partial charge in [-0.2, -0.15) is 0 Å². The standard InChI is InChI=1S/C13H16BrNO2/c1-10(14)9-15-13(16)8-5-11-3-6-12(17-2)7-4-11/h3-4,6-7H,1,5,8-9H2,2H3,(H,15,16). The van der Waals surface area contributed by atoms with E-state index in [1.165, 1.54) is 0 Å². The van der Waals surface area contributed by atoms with Crippen molar-refractivity contribution in [1.82, 2.24) is 5.32 Å². The van der Waals surface area contributed by atoms with Crippen LogP contribution >= 0.6 is 15.9 Å². The lowest BCUT2D eigenvalue weighted by molar-refractivity contribution is -0.120. The molecule has 0 aliphatic heterocycles. The van der Waals surface area contributed by atoms with Gasteiger partial charge in [-0.25, -0.2) is 0 Å². The summed E-state index contributed by atoms with van der Waals surface area (Å²) >= 11 is 3.19. The van der Waals surface area contributed by atoms with Crippen molar-refractivity contribution in [3.05, 3.63) is 40.9 Å². The van der Waals surface area contributed by atoms with Gasteiger partial charge in [0, 0.05) is 17.4 Å². The molecule has 3 nitrogen and oxygen atoms in total. The highest BCUT2D eigenvalue weighted by atomic mass is 79.9. The van der Waals surface area contributed by atoms with Crippen LogP contribution in [0.2, 0.25) is 0 Å². The zero-order valence-corrected chi connectivity index (χ0v) is 11.4. The second kappa shape index (κ2) is 7.12. The molecule has 0 unspecified atom stereocenters. The van der Waals surface area contributed by atoms with Gasteiger partial charge in [0.2, 0.25) is 5.91 Å². The molecule has 1 amide bonds. The van der Waals surface area contributed by atoms with Crippen molar-refractivity contribution in [2.24, 2.45) is 0 Å². The molecule has 0 aliphatic rings. The van der Waals surface area contributed by atoms with Gasteiger partial charge in [-0.05, 0) is 24.1 Å². The van der Waals surface area contributed by atoms with Gasteiger partial charge in [0.1, 0.15) is 5.75 Å². The van der Waals surface area contributed by atoms with Crippen LogP contribution in [0.5, 0.6) is 5.75 Å². The van der Waals surface area contributed by atoms with Gasteiger partial charge in [0.05, 0.1) is 7.11 Å². The van der Waals surface area contributed by atoms with Crippen molar-refractivity contribution in [2.75, 3.05) is 13.7 Å². The maximum atomic E-state index is 11.4. The Morgan fingerprint density at radius 2 is 2.06 bits per heavy atom. The molecule has 1 rings (SSSR count). The molecule has 1 aromatic carbocycles. The topological polar surface area (TPSA) is 38.3 Å². The van der Waals surface area contributed by atoms with E-state index < -0.39 is 0 Å². The van der Waals surface area contributed by atoms with E-state index in [4.69, 9.17) is 4.74 Å². The third kappa shape index (κ3) is 5.54. The average molecular weight is 298 g/mol. The van der Waals surface area contributed by atoms with E-state index in [0.29, 0.717) is 13.0 Å². The molecule has 0 spiro atoms. The van der Waals surface area contributed by atoms with Crippen LogP contribution in [0.25, 0.3) is 0 Å². The fraction of sp³-hybridized carbons (Fsp3) is 0.308. The highest BCUT2D eigenvalue weighted by Crippen LogP contribution is 2.12. The largest absolute Gasteiger partial charge is 0.497 e. The normalized spacial score (nSPS) is 9.76. The summed E-state index contributed by atoms with van der Waals surface area (Å²) in [5, 5.41) is 2.76. The number of carbonyl (C=O) groups is 1. The average Bonchev–Trinajstić information content (AvgIpc) is 2.34. The molecule has 0 atom stereocenters. The number of rotatable bonds is 6. The molecule has 17 heavy (non-hydrogen) atoms. The molecule has 0 aromatic heterocycles. The van der Waals surface area contributed by atoms with Crippen molar-refractivity contribution >= 4 is 21.8 Å². The first-order valence-electron chi connectivity index (χ1n) is 5.34. The van der Waals surface area contributed by atoms with Crippen molar-refractivity contribution in [2.45, 2.75) is 12.8 Å². The molecule has 0 aliphatic carbocycles. The van der Waals surface area contributed by atoms with Crippen LogP contribution in [0, 0.1) is 0 Å². The molecule has 0 fully saturated rings. The molecular weight excluding hydrogens is 282 g/mol. The highest BCUT2D eigenvalue weighted by molar-refractivity contribution is 9.11. The summed E-state index contributed by atoms with van der Waals surface area (Å²) in [6, 6.07) is 7.73. The van der Waals surface area contributed by atoms with Crippen LogP contribution < -0.4 is 10.1 Å². The second-order valence-electron chi connectivity index (χ2n) is 3.64. The molecule has 1 aromatic rings. The summed E-state index contributed by atoms with van der Waals surface area (Å²) in [6.45, 7) is 4.13. The SMILES string of the molecule is C=C(Br)CNC(=O)CCc1ccc(OC)cc1. The minimum Gasteiger partial charge on any atom is -0.497 e. The fourth-order valence-corrected chi connectivity index (χ4v) is 1.47. The Kier molecular flexibility index (Phi) is 5.77. The van der Waals surface area contributed by atoms with E-state index in [2.05, 4.69) is 27.8 Å². The zero-order chi connectivity index (χ0) is 12.7. The third-order valence-corrected chi connectivity index (χ3v) is 2.56. The lowest BCUT2D eigenvalue weighted by Gasteiger charge is -2.05. The summed E-state index contributed by atoms with van der Waals surface area (Å²) in [4.78, 5) is 11.4. The van der Waals surface area contributed by atoms with E-state index in [9.17, 15) is 4.79 Å². The second-order valence-corrected chi connectivity index (χ2v) is 4.76. The predicted molar refractivity (Wildman–Crippen MR) is 72.4 cm³/mol. The molecule has 0 heterocycles. The minimum absolute atomic E-state index is 0.0291. The van der Waals surface area contributed by atoms with Gasteiger partial charge in [-0.15, -0.1) is 0 Å². The van der Waals surface area contributed by atoms with Gasteiger partial charge >= 0.3 is 0 Å². The Labute approximate surface area is 110 Å². The number of benzene rings is 1. The quantitative estimate of drug-likeness (QED) is 0.877. The lowest BCUT2D eigenvalue weighted by Crippen LogP contribution is -2.24. The maximum absolute atomic E-state index is 11.4. The summed E-state index contributed by atoms with van der Waals surface area (Å²) in [5.41, 5.74) is 1.12. The first-order valence-corrected chi connectivity index (χ1v) is 6.14. The third-order valence-electron chi connectivity index (χ3n) is 2.28. The number of hydrogen-bond acceptors (Lipinski definition) is 2. The monoisotopic (exact) mass is 297 g/mol. The molecule has 0 saturated heterocycles. The first-order chi connectivity index (χ1) is 8.11. The lowest BCUT2D eigenvalue weighted by atomic mass is 10.1. The van der Waals surface area contributed by atoms with Gasteiger partial charge < -0.3 is 10.1 Å². The molecule has 0 bridgehead atoms. The Morgan fingerprint density at radius 1 is 1.41 bits per heavy atom. The molecule has 0 radical (unpaired) electrons. The van der Waals surface area contributed by atoms with Crippen LogP contribution in [0.3, 0.4) is 0 Å². The van der Waals surface area contributed by atoms with Crippen molar-refractivity contribution < 1.29 is 9.53 Å². The van der Waals surface area contributed by atoms with Crippen molar-refractivity contribution in [1.29, 1.82) is 0 Å². The summed E-state index contributed by atoms with van der Waals surface area (Å²) in [5.74, 6) is 0.857. The molecule has 4 heteroatoms. The zero-order valence-electron chi connectivity index (χ0n) is 9.83. The molecule has 1 N–H and O–H groups in total. The van der Waals surface area contributed by atoms with Crippen LogP contribution in [0.4, 0.5) is 0 Å². The van der Waals surface area contributed by atoms with Gasteiger partial charge in [0.15, 0.2) is 0 Å². The Balaban J connectivity index is 2.34. The van der Waals surface area contributed by atoms with Crippen LogP contribution in [-0.4, -0.2) is 19.6 Å². The fourth-order valence-electron chi connectivity index (χ4n) is 1.33. The maximum Gasteiger partial charge on any atom is 0.220 e. The Hall–Kier alpha value is -1.29. The van der Waals surface area contributed by atoms with Crippen molar-refractivity contribution in [3.8, 4) is 5.75 Å². The van der Waals surface area contributed by atoms with Gasteiger partial charge in [-0.1, -0.05) is 34.6 Å². The number of hydrogen-bond donors (Lipinski definition) is 1. The van der Waals surface area contributed by atoms with E-state index in [0.717, 1.165) is 22.2 Å². The Bertz CT molecular complexity index is 387. The summed E-state index contributed by atoms with van der Waals surface area (Å²) in [6.07, 6.45) is 1.21. The first kappa shape index (κ1) is 13.8. The molecule has 0 saturated carbocycles. The summed E-state index contributed by atoms with van der Waals surface area (Å²) in [7, 11) is 1.63. The Morgan fingerprint density at radius 3 is 2.59 bits per heavy atom. The highest BCUT2D eigenvalue weighted by Gasteiger charge is 2.02. The number of aryl methyl sites for hydroxylation is 1. The van der Waals surface area contributed by atoms with E-state index in [-0.39, 0.29) is 5.91 Å². The molecule has 92 valence electrons. The minimum atomic E-state index is 0.0291. The van der Waals surface area contributed by atoms with Gasteiger partial charge in [-0.3, -0.25) is 4.79 Å². The van der Waals surface area contributed by atoms with Gasteiger partial charge in [0.25, 0.3) is 0 Å². The number of amides is 1. The van der Waals surface area contributed by atoms with E-state index in [1.54, 1.807) is 7.11 Å². The van der Waals surface area contributed by atoms with Crippen LogP contribution in [0.15, 0.2) is 35.3 Å². The number of nitrogens with one attached hydrogen (secondary N) is 1. The van der Waals surface area contributed by atoms with Crippen molar-refractivity contribution in [3.63, 3.8) is 0 Å². The smallest absolute Gasteiger partial charge is 0.220 e.